The Hall–Kier alpha value is -2.08. The van der Waals surface area contributed by atoms with Gasteiger partial charge in [-0.05, 0) is 12.1 Å². The van der Waals surface area contributed by atoms with Crippen molar-refractivity contribution < 1.29 is 9.59 Å². The number of benzene rings is 1. The van der Waals surface area contributed by atoms with Crippen LogP contribution >= 0.6 is 0 Å². The number of nitrogens with zero attached hydrogens (tertiary/aromatic N) is 2. The van der Waals surface area contributed by atoms with Crippen molar-refractivity contribution >= 4 is 17.5 Å². The van der Waals surface area contributed by atoms with Gasteiger partial charge >= 0.3 is 0 Å². The summed E-state index contributed by atoms with van der Waals surface area (Å²) in [4.78, 5) is 27.3. The quantitative estimate of drug-likeness (QED) is 0.800. The molecule has 0 aromatic heterocycles. The van der Waals surface area contributed by atoms with E-state index in [1.807, 2.05) is 35.2 Å². The second-order valence-electron chi connectivity index (χ2n) is 5.05. The van der Waals surface area contributed by atoms with Crippen LogP contribution in [0.1, 0.15) is 0 Å². The maximum absolute atomic E-state index is 12.1. The van der Waals surface area contributed by atoms with Crippen molar-refractivity contribution in [1.29, 1.82) is 0 Å². The van der Waals surface area contributed by atoms with Gasteiger partial charge in [-0.15, -0.1) is 0 Å². The minimum Gasteiger partial charge on any atom is -0.376 e. The van der Waals surface area contributed by atoms with Crippen LogP contribution in [0.5, 0.6) is 0 Å². The van der Waals surface area contributed by atoms with Crippen molar-refractivity contribution in [2.45, 2.75) is 0 Å². The molecule has 0 unspecified atom stereocenters. The summed E-state index contributed by atoms with van der Waals surface area (Å²) in [5.74, 6) is 0.110. The van der Waals surface area contributed by atoms with Gasteiger partial charge in [0.2, 0.25) is 11.8 Å². The molecule has 21 heavy (non-hydrogen) atoms. The minimum atomic E-state index is 0.0144. The number of hydrogen-bond acceptors (Lipinski definition) is 4. The van der Waals surface area contributed by atoms with E-state index in [0.717, 1.165) is 18.8 Å². The maximum Gasteiger partial charge on any atom is 0.241 e. The van der Waals surface area contributed by atoms with Gasteiger partial charge in [0.15, 0.2) is 0 Å². The molecular weight excluding hydrogens is 268 g/mol. The number of nitrogens with one attached hydrogen (secondary N) is 2. The molecule has 0 spiro atoms. The molecule has 1 fully saturated rings. The third kappa shape index (κ3) is 4.75. The van der Waals surface area contributed by atoms with Crippen molar-refractivity contribution in [3.8, 4) is 0 Å². The second kappa shape index (κ2) is 7.64. The first-order chi connectivity index (χ1) is 10.2. The van der Waals surface area contributed by atoms with Crippen molar-refractivity contribution in [3.05, 3.63) is 30.3 Å². The average molecular weight is 290 g/mol. The molecule has 6 nitrogen and oxygen atoms in total. The Labute approximate surface area is 125 Å². The number of likely N-dealkylation sites (N-methyl/N-ethyl adjacent to an activating group) is 1. The molecule has 1 heterocycles. The number of para-hydroxylation sites is 1. The number of carbonyl (C=O) groups excluding carboxylic acids is 2. The molecule has 1 saturated heterocycles. The Kier molecular flexibility index (Phi) is 5.57. The Bertz CT molecular complexity index is 470. The normalized spacial score (nSPS) is 15.6. The Morgan fingerprint density at radius 1 is 1.10 bits per heavy atom. The molecule has 0 saturated carbocycles. The lowest BCUT2D eigenvalue weighted by Crippen LogP contribution is -2.51. The average Bonchev–Trinajstić information content (AvgIpc) is 2.54. The van der Waals surface area contributed by atoms with Crippen molar-refractivity contribution in [2.75, 3.05) is 51.6 Å². The van der Waals surface area contributed by atoms with Gasteiger partial charge in [0.25, 0.3) is 0 Å². The largest absolute Gasteiger partial charge is 0.376 e. The van der Waals surface area contributed by atoms with E-state index in [2.05, 4.69) is 15.5 Å². The first-order valence-electron chi connectivity index (χ1n) is 7.18. The molecule has 2 N–H and O–H groups in total. The van der Waals surface area contributed by atoms with Crippen LogP contribution in [0, 0.1) is 0 Å². The van der Waals surface area contributed by atoms with E-state index < -0.39 is 0 Å². The summed E-state index contributed by atoms with van der Waals surface area (Å²) in [6, 6.07) is 9.69. The fourth-order valence-corrected chi connectivity index (χ4v) is 2.28. The van der Waals surface area contributed by atoms with Gasteiger partial charge in [-0.25, -0.2) is 0 Å². The minimum absolute atomic E-state index is 0.0144. The summed E-state index contributed by atoms with van der Waals surface area (Å²) in [6.45, 7) is 3.54. The lowest BCUT2D eigenvalue weighted by atomic mass is 10.3. The van der Waals surface area contributed by atoms with Gasteiger partial charge in [0.05, 0.1) is 13.1 Å². The van der Waals surface area contributed by atoms with E-state index >= 15 is 0 Å². The number of amides is 2. The summed E-state index contributed by atoms with van der Waals surface area (Å²) in [5, 5.41) is 5.74. The van der Waals surface area contributed by atoms with E-state index in [-0.39, 0.29) is 11.8 Å². The highest BCUT2D eigenvalue weighted by atomic mass is 16.2. The zero-order valence-corrected chi connectivity index (χ0v) is 12.3. The van der Waals surface area contributed by atoms with Gasteiger partial charge in [0, 0.05) is 38.9 Å². The zero-order valence-electron chi connectivity index (χ0n) is 12.3. The number of hydrogen-bond donors (Lipinski definition) is 2. The lowest BCUT2D eigenvalue weighted by Gasteiger charge is -2.34. The molecule has 6 heteroatoms. The smallest absolute Gasteiger partial charge is 0.241 e. The summed E-state index contributed by atoms with van der Waals surface area (Å²) in [5.41, 5.74) is 0.948. The van der Waals surface area contributed by atoms with Gasteiger partial charge in [0.1, 0.15) is 0 Å². The van der Waals surface area contributed by atoms with Gasteiger partial charge < -0.3 is 15.5 Å². The molecule has 1 aromatic carbocycles. The number of rotatable bonds is 5. The lowest BCUT2D eigenvalue weighted by molar-refractivity contribution is -0.131. The van der Waals surface area contributed by atoms with E-state index in [1.54, 1.807) is 7.05 Å². The van der Waals surface area contributed by atoms with Gasteiger partial charge in [-0.2, -0.15) is 0 Å². The Morgan fingerprint density at radius 3 is 2.38 bits per heavy atom. The molecular formula is C15H22N4O2. The van der Waals surface area contributed by atoms with Gasteiger partial charge in [-0.1, -0.05) is 18.2 Å². The highest BCUT2D eigenvalue weighted by molar-refractivity contribution is 5.81. The molecule has 114 valence electrons. The zero-order chi connectivity index (χ0) is 15.1. The number of carbonyl (C=O) groups is 2. The number of anilines is 1. The molecule has 1 aromatic rings. The van der Waals surface area contributed by atoms with Crippen LogP contribution in [-0.4, -0.2) is 67.9 Å². The van der Waals surface area contributed by atoms with E-state index in [1.165, 1.54) is 0 Å². The van der Waals surface area contributed by atoms with E-state index in [9.17, 15) is 9.59 Å². The van der Waals surface area contributed by atoms with Gasteiger partial charge in [-0.3, -0.25) is 14.5 Å². The summed E-state index contributed by atoms with van der Waals surface area (Å²) in [6.07, 6.45) is 0. The highest BCUT2D eigenvalue weighted by Crippen LogP contribution is 2.06. The predicted molar refractivity (Wildman–Crippen MR) is 82.0 cm³/mol. The molecule has 0 radical (unpaired) electrons. The fraction of sp³-hybridized carbons (Fsp3) is 0.467. The van der Waals surface area contributed by atoms with Crippen molar-refractivity contribution in [3.63, 3.8) is 0 Å². The first kappa shape index (κ1) is 15.3. The highest BCUT2D eigenvalue weighted by Gasteiger charge is 2.21. The molecule has 1 aliphatic rings. The van der Waals surface area contributed by atoms with Crippen molar-refractivity contribution in [1.82, 2.24) is 15.1 Å². The standard InChI is InChI=1S/C15H22N4O2/c1-16-14(20)12-18-7-9-19(10-8-18)15(21)11-17-13-5-3-2-4-6-13/h2-6,17H,7-12H2,1H3,(H,16,20). The predicted octanol–water partition coefficient (Wildman–Crippen LogP) is -0.0113. The molecule has 0 bridgehead atoms. The number of piperazine rings is 1. The maximum atomic E-state index is 12.1. The third-order valence-corrected chi connectivity index (χ3v) is 3.59. The molecule has 0 atom stereocenters. The topological polar surface area (TPSA) is 64.7 Å². The molecule has 2 amide bonds. The monoisotopic (exact) mass is 290 g/mol. The third-order valence-electron chi connectivity index (χ3n) is 3.59. The van der Waals surface area contributed by atoms with Crippen LogP contribution in [0.4, 0.5) is 5.69 Å². The molecule has 2 rings (SSSR count). The van der Waals surface area contributed by atoms with Crippen LogP contribution in [0.2, 0.25) is 0 Å². The molecule has 0 aliphatic carbocycles. The Balaban J connectivity index is 1.72. The Morgan fingerprint density at radius 2 is 1.76 bits per heavy atom. The fourth-order valence-electron chi connectivity index (χ4n) is 2.28. The summed E-state index contributed by atoms with van der Waals surface area (Å²) in [7, 11) is 1.64. The van der Waals surface area contributed by atoms with Crippen LogP contribution < -0.4 is 10.6 Å². The summed E-state index contributed by atoms with van der Waals surface area (Å²) >= 11 is 0. The molecule has 1 aliphatic heterocycles. The van der Waals surface area contributed by atoms with Crippen molar-refractivity contribution in [2.24, 2.45) is 0 Å². The van der Waals surface area contributed by atoms with E-state index in [0.29, 0.717) is 26.2 Å². The second-order valence-corrected chi connectivity index (χ2v) is 5.05. The van der Waals surface area contributed by atoms with E-state index in [4.69, 9.17) is 0 Å². The van der Waals surface area contributed by atoms with Crippen LogP contribution in [0.25, 0.3) is 0 Å². The van der Waals surface area contributed by atoms with Crippen LogP contribution in [0.15, 0.2) is 30.3 Å². The first-order valence-corrected chi connectivity index (χ1v) is 7.18. The SMILES string of the molecule is CNC(=O)CN1CCN(C(=O)CNc2ccccc2)CC1. The summed E-state index contributed by atoms with van der Waals surface area (Å²) < 4.78 is 0. The van der Waals surface area contributed by atoms with Crippen LogP contribution in [0.3, 0.4) is 0 Å². The van der Waals surface area contributed by atoms with Crippen LogP contribution in [-0.2, 0) is 9.59 Å².